The van der Waals surface area contributed by atoms with Crippen molar-refractivity contribution in [1.82, 2.24) is 10.2 Å². The van der Waals surface area contributed by atoms with Crippen molar-refractivity contribution in [3.8, 4) is 11.5 Å². The summed E-state index contributed by atoms with van der Waals surface area (Å²) in [4.78, 5) is 29.2. The lowest BCUT2D eigenvalue weighted by atomic mass is 10.1. The summed E-state index contributed by atoms with van der Waals surface area (Å²) in [7, 11) is -1.39. The molecule has 1 N–H and O–H groups in total. The highest BCUT2D eigenvalue weighted by Crippen LogP contribution is 2.32. The normalized spacial score (nSPS) is 14.1. The fourth-order valence-electron chi connectivity index (χ4n) is 5.32. The van der Waals surface area contributed by atoms with Crippen LogP contribution in [0, 0.1) is 0 Å². The highest BCUT2D eigenvalue weighted by Gasteiger charge is 2.35. The number of methoxy groups -OCH3 is 2. The molecule has 1 aliphatic rings. The Balaban J connectivity index is 1.73. The maximum Gasteiger partial charge on any atom is 0.264 e. The third kappa shape index (κ3) is 7.61. The van der Waals surface area contributed by atoms with Gasteiger partial charge in [-0.3, -0.25) is 13.9 Å². The molecule has 1 atom stereocenters. The Labute approximate surface area is 258 Å². The second-order valence-corrected chi connectivity index (χ2v) is 12.7. The van der Waals surface area contributed by atoms with E-state index in [9.17, 15) is 18.0 Å². The van der Waals surface area contributed by atoms with E-state index in [-0.39, 0.29) is 29.1 Å². The molecule has 0 bridgehead atoms. The summed E-state index contributed by atoms with van der Waals surface area (Å²) in [6.45, 7) is 1.33. The summed E-state index contributed by atoms with van der Waals surface area (Å²) < 4.78 is 39.9. The van der Waals surface area contributed by atoms with E-state index in [1.165, 1.54) is 37.3 Å². The molecule has 0 radical (unpaired) electrons. The highest BCUT2D eigenvalue weighted by molar-refractivity contribution is 7.92. The molecular weight excluding hydrogens is 590 g/mol. The molecule has 0 aliphatic heterocycles. The SMILES string of the molecule is CC[C@@H](C(=O)NC1CCCC1)N(Cc1ccccc1Cl)C(=O)CN(c1ccccc1)S(=O)(=O)c1ccc(OC)c(OC)c1. The van der Waals surface area contributed by atoms with Crippen LogP contribution in [0.5, 0.6) is 11.5 Å². The number of benzene rings is 3. The average Bonchev–Trinajstić information content (AvgIpc) is 3.53. The number of hydrogen-bond acceptors (Lipinski definition) is 6. The van der Waals surface area contributed by atoms with Gasteiger partial charge in [-0.15, -0.1) is 0 Å². The van der Waals surface area contributed by atoms with Crippen molar-refractivity contribution in [2.75, 3.05) is 25.1 Å². The average molecular weight is 628 g/mol. The molecule has 4 rings (SSSR count). The minimum absolute atomic E-state index is 0.0358. The molecule has 0 heterocycles. The summed E-state index contributed by atoms with van der Waals surface area (Å²) >= 11 is 6.48. The number of hydrogen-bond donors (Lipinski definition) is 1. The predicted molar refractivity (Wildman–Crippen MR) is 167 cm³/mol. The lowest BCUT2D eigenvalue weighted by molar-refractivity contribution is -0.140. The van der Waals surface area contributed by atoms with E-state index in [0.717, 1.165) is 30.0 Å². The summed E-state index contributed by atoms with van der Waals surface area (Å²) in [5.41, 5.74) is 0.949. The first-order valence-electron chi connectivity index (χ1n) is 14.3. The van der Waals surface area contributed by atoms with Crippen LogP contribution in [0.25, 0.3) is 0 Å². The van der Waals surface area contributed by atoms with E-state index < -0.39 is 28.5 Å². The Hall–Kier alpha value is -3.76. The van der Waals surface area contributed by atoms with Gasteiger partial charge in [0, 0.05) is 23.7 Å². The summed E-state index contributed by atoms with van der Waals surface area (Å²) in [5, 5.41) is 3.56. The van der Waals surface area contributed by atoms with Gasteiger partial charge < -0.3 is 19.7 Å². The Morgan fingerprint density at radius 3 is 2.23 bits per heavy atom. The molecule has 230 valence electrons. The van der Waals surface area contributed by atoms with Crippen molar-refractivity contribution in [2.24, 2.45) is 0 Å². The number of carbonyl (C=O) groups is 2. The molecule has 11 heteroatoms. The maximum atomic E-state index is 14.2. The summed E-state index contributed by atoms with van der Waals surface area (Å²) in [6, 6.07) is 19.0. The standard InChI is InChI=1S/C32H38ClN3O6S/c1-4-28(32(38)34-24-13-9-10-14-24)35(21-23-12-8-11-17-27(23)33)31(37)22-36(25-15-6-5-7-16-25)43(39,40)26-18-19-29(41-2)30(20-26)42-3/h5-8,11-12,15-20,24,28H,4,9-10,13-14,21-22H2,1-3H3,(H,34,38)/t28-/m0/s1. The molecular formula is C32H38ClN3O6S. The van der Waals surface area contributed by atoms with Crippen molar-refractivity contribution in [3.05, 3.63) is 83.4 Å². The van der Waals surface area contributed by atoms with Crippen LogP contribution in [0.3, 0.4) is 0 Å². The number of para-hydroxylation sites is 1. The topological polar surface area (TPSA) is 105 Å². The van der Waals surface area contributed by atoms with Crippen molar-refractivity contribution in [1.29, 1.82) is 0 Å². The van der Waals surface area contributed by atoms with Crippen LogP contribution in [0.2, 0.25) is 5.02 Å². The van der Waals surface area contributed by atoms with Gasteiger partial charge >= 0.3 is 0 Å². The first kappa shape index (κ1) is 32.2. The monoisotopic (exact) mass is 627 g/mol. The maximum absolute atomic E-state index is 14.2. The van der Waals surface area contributed by atoms with Crippen molar-refractivity contribution in [3.63, 3.8) is 0 Å². The fourth-order valence-corrected chi connectivity index (χ4v) is 6.95. The van der Waals surface area contributed by atoms with E-state index in [2.05, 4.69) is 5.32 Å². The van der Waals surface area contributed by atoms with Gasteiger partial charge in [-0.2, -0.15) is 0 Å². The van der Waals surface area contributed by atoms with E-state index in [4.69, 9.17) is 21.1 Å². The van der Waals surface area contributed by atoms with Gasteiger partial charge in [-0.05, 0) is 55.2 Å². The predicted octanol–water partition coefficient (Wildman–Crippen LogP) is 5.42. The number of halogens is 1. The quantitative estimate of drug-likeness (QED) is 0.271. The van der Waals surface area contributed by atoms with Gasteiger partial charge in [0.15, 0.2) is 11.5 Å². The van der Waals surface area contributed by atoms with Gasteiger partial charge in [-0.25, -0.2) is 8.42 Å². The Bertz CT molecular complexity index is 1510. The minimum Gasteiger partial charge on any atom is -0.493 e. The van der Waals surface area contributed by atoms with E-state index in [1.807, 2.05) is 6.92 Å². The van der Waals surface area contributed by atoms with Gasteiger partial charge in [0.05, 0.1) is 24.8 Å². The molecule has 0 spiro atoms. The van der Waals surface area contributed by atoms with Crippen molar-refractivity contribution >= 4 is 39.1 Å². The smallest absolute Gasteiger partial charge is 0.264 e. The number of nitrogens with zero attached hydrogens (tertiary/aromatic N) is 2. The van der Waals surface area contributed by atoms with Crippen LogP contribution in [0.1, 0.15) is 44.6 Å². The molecule has 43 heavy (non-hydrogen) atoms. The Morgan fingerprint density at radius 2 is 1.60 bits per heavy atom. The fraction of sp³-hybridized carbons (Fsp3) is 0.375. The summed E-state index contributed by atoms with van der Waals surface area (Å²) in [6.07, 6.45) is 4.22. The molecule has 3 aromatic rings. The van der Waals surface area contributed by atoms with Crippen molar-refractivity contribution in [2.45, 2.75) is 62.6 Å². The number of amides is 2. The largest absolute Gasteiger partial charge is 0.493 e. The number of anilines is 1. The minimum atomic E-state index is -4.27. The van der Waals surface area contributed by atoms with Crippen molar-refractivity contribution < 1.29 is 27.5 Å². The molecule has 1 aliphatic carbocycles. The zero-order chi connectivity index (χ0) is 31.0. The second kappa shape index (κ2) is 14.6. The number of nitrogens with one attached hydrogen (secondary N) is 1. The van der Waals surface area contributed by atoms with Crippen LogP contribution in [0.4, 0.5) is 5.69 Å². The summed E-state index contributed by atoms with van der Waals surface area (Å²) in [5.74, 6) is -0.197. The van der Waals surface area contributed by atoms with E-state index in [0.29, 0.717) is 28.4 Å². The molecule has 2 amide bonds. The Morgan fingerprint density at radius 1 is 0.953 bits per heavy atom. The lowest BCUT2D eigenvalue weighted by Gasteiger charge is -2.34. The third-order valence-electron chi connectivity index (χ3n) is 7.65. The second-order valence-electron chi connectivity index (χ2n) is 10.4. The molecule has 0 aromatic heterocycles. The zero-order valence-corrected chi connectivity index (χ0v) is 26.2. The van der Waals surface area contributed by atoms with Gasteiger partial charge in [0.2, 0.25) is 11.8 Å². The van der Waals surface area contributed by atoms with Crippen LogP contribution in [-0.2, 0) is 26.2 Å². The molecule has 9 nitrogen and oxygen atoms in total. The number of rotatable bonds is 13. The van der Waals surface area contributed by atoms with Crippen LogP contribution in [0.15, 0.2) is 77.7 Å². The molecule has 3 aromatic carbocycles. The first-order chi connectivity index (χ1) is 20.7. The molecule has 1 fully saturated rings. The molecule has 0 saturated heterocycles. The van der Waals surface area contributed by atoms with Gasteiger partial charge in [0.1, 0.15) is 12.6 Å². The van der Waals surface area contributed by atoms with Gasteiger partial charge in [0.25, 0.3) is 10.0 Å². The van der Waals surface area contributed by atoms with Crippen LogP contribution in [-0.4, -0.2) is 58.0 Å². The number of sulfonamides is 1. The molecule has 1 saturated carbocycles. The first-order valence-corrected chi connectivity index (χ1v) is 16.1. The van der Waals surface area contributed by atoms with E-state index >= 15 is 0 Å². The number of ether oxygens (including phenoxy) is 2. The lowest BCUT2D eigenvalue weighted by Crippen LogP contribution is -2.53. The third-order valence-corrected chi connectivity index (χ3v) is 9.79. The van der Waals surface area contributed by atoms with E-state index in [1.54, 1.807) is 54.6 Å². The van der Waals surface area contributed by atoms with Crippen LogP contribution >= 0.6 is 11.6 Å². The van der Waals surface area contributed by atoms with Gasteiger partial charge in [-0.1, -0.05) is 67.8 Å². The van der Waals surface area contributed by atoms with Crippen LogP contribution < -0.4 is 19.1 Å². The number of carbonyl (C=O) groups excluding carboxylic acids is 2. The molecule has 0 unspecified atom stereocenters. The highest BCUT2D eigenvalue weighted by atomic mass is 35.5. The Kier molecular flexibility index (Phi) is 10.9. The zero-order valence-electron chi connectivity index (χ0n) is 24.7.